The first-order valence-corrected chi connectivity index (χ1v) is 8.60. The molecule has 2 unspecified atom stereocenters. The normalized spacial score (nSPS) is 26.8. The molecule has 22 heavy (non-hydrogen) atoms. The van der Waals surface area contributed by atoms with Crippen molar-refractivity contribution in [2.75, 3.05) is 13.1 Å². The summed E-state index contributed by atoms with van der Waals surface area (Å²) in [5, 5.41) is 14.9. The first kappa shape index (κ1) is 15.5. The molecule has 2 heterocycles. The quantitative estimate of drug-likeness (QED) is 0.893. The van der Waals surface area contributed by atoms with Gasteiger partial charge in [-0.25, -0.2) is 4.68 Å². The molecule has 1 amide bonds. The van der Waals surface area contributed by atoms with Crippen molar-refractivity contribution in [2.45, 2.75) is 64.5 Å². The van der Waals surface area contributed by atoms with Gasteiger partial charge in [-0.05, 0) is 51.6 Å². The molecule has 0 spiro atoms. The van der Waals surface area contributed by atoms with Gasteiger partial charge in [0.25, 0.3) is 5.91 Å². The van der Waals surface area contributed by atoms with Crippen molar-refractivity contribution in [1.29, 1.82) is 0 Å². The summed E-state index contributed by atoms with van der Waals surface area (Å²) in [4.78, 5) is 12.5. The Kier molecular flexibility index (Phi) is 4.76. The van der Waals surface area contributed by atoms with Gasteiger partial charge in [0.05, 0.1) is 11.7 Å². The lowest BCUT2D eigenvalue weighted by molar-refractivity contribution is 0.0904. The second-order valence-corrected chi connectivity index (χ2v) is 6.79. The molecule has 6 heteroatoms. The van der Waals surface area contributed by atoms with Gasteiger partial charge in [0, 0.05) is 6.04 Å². The number of carbonyl (C=O) groups is 1. The van der Waals surface area contributed by atoms with Gasteiger partial charge in [0.1, 0.15) is 0 Å². The molecule has 2 aliphatic rings. The van der Waals surface area contributed by atoms with Crippen LogP contribution < -0.4 is 10.6 Å². The van der Waals surface area contributed by atoms with Gasteiger partial charge >= 0.3 is 0 Å². The Morgan fingerprint density at radius 1 is 1.23 bits per heavy atom. The molecule has 6 nitrogen and oxygen atoms in total. The number of piperidine rings is 1. The molecular formula is C16H27N5O. The zero-order chi connectivity index (χ0) is 15.5. The molecule has 1 aliphatic carbocycles. The Labute approximate surface area is 132 Å². The van der Waals surface area contributed by atoms with Crippen LogP contribution in [0.25, 0.3) is 0 Å². The third-order valence-corrected chi connectivity index (χ3v) is 5.23. The largest absolute Gasteiger partial charge is 0.348 e. The summed E-state index contributed by atoms with van der Waals surface area (Å²) in [6, 6.07) is 0.647. The maximum atomic E-state index is 12.5. The monoisotopic (exact) mass is 305 g/mol. The summed E-state index contributed by atoms with van der Waals surface area (Å²) in [5.41, 5.74) is 1.39. The molecule has 2 N–H and O–H groups in total. The first-order chi connectivity index (χ1) is 10.7. The topological polar surface area (TPSA) is 71.8 Å². The molecule has 3 rings (SSSR count). The number of hydrogen-bond donors (Lipinski definition) is 2. The second-order valence-electron chi connectivity index (χ2n) is 6.79. The van der Waals surface area contributed by atoms with E-state index in [0.717, 1.165) is 38.0 Å². The Morgan fingerprint density at radius 2 is 1.95 bits per heavy atom. The molecule has 122 valence electrons. The molecule has 2 atom stereocenters. The minimum absolute atomic E-state index is 0.0589. The Morgan fingerprint density at radius 3 is 2.68 bits per heavy atom. The van der Waals surface area contributed by atoms with E-state index in [9.17, 15) is 4.79 Å². The summed E-state index contributed by atoms with van der Waals surface area (Å²) >= 11 is 0. The molecule has 0 bridgehead atoms. The highest BCUT2D eigenvalue weighted by Crippen LogP contribution is 2.24. The van der Waals surface area contributed by atoms with E-state index in [2.05, 4.69) is 27.9 Å². The molecule has 1 aromatic rings. The SMILES string of the molecule is Cc1c(C(=O)NC2CCCCC2C)nnn1C1CCNCC1. The van der Waals surface area contributed by atoms with Crippen molar-refractivity contribution in [3.63, 3.8) is 0 Å². The summed E-state index contributed by atoms with van der Waals surface area (Å²) in [6.45, 7) is 6.19. The fourth-order valence-electron chi connectivity index (χ4n) is 3.72. The third-order valence-electron chi connectivity index (χ3n) is 5.23. The number of rotatable bonds is 3. The van der Waals surface area contributed by atoms with Gasteiger partial charge in [-0.1, -0.05) is 25.0 Å². The molecule has 1 aliphatic heterocycles. The van der Waals surface area contributed by atoms with Crippen molar-refractivity contribution in [1.82, 2.24) is 25.6 Å². The standard InChI is InChI=1S/C16H27N5O/c1-11-5-3-4-6-14(11)18-16(22)15-12(2)21(20-19-15)13-7-9-17-10-8-13/h11,13-14,17H,3-10H2,1-2H3,(H,18,22). The highest BCUT2D eigenvalue weighted by molar-refractivity contribution is 5.93. The summed E-state index contributed by atoms with van der Waals surface area (Å²) < 4.78 is 1.94. The zero-order valence-electron chi connectivity index (χ0n) is 13.6. The Bertz CT molecular complexity index is 521. The molecule has 1 aromatic heterocycles. The van der Waals surface area contributed by atoms with Gasteiger partial charge < -0.3 is 10.6 Å². The van der Waals surface area contributed by atoms with Gasteiger partial charge in [-0.2, -0.15) is 0 Å². The summed E-state index contributed by atoms with van der Waals surface area (Å²) in [7, 11) is 0. The Balaban J connectivity index is 1.68. The fraction of sp³-hybridized carbons (Fsp3) is 0.812. The minimum Gasteiger partial charge on any atom is -0.348 e. The molecule has 1 saturated heterocycles. The van der Waals surface area contributed by atoms with E-state index < -0.39 is 0 Å². The molecule has 0 aromatic carbocycles. The maximum Gasteiger partial charge on any atom is 0.273 e. The third kappa shape index (κ3) is 3.16. The van der Waals surface area contributed by atoms with E-state index in [1.807, 2.05) is 11.6 Å². The Hall–Kier alpha value is -1.43. The molecular weight excluding hydrogens is 278 g/mol. The summed E-state index contributed by atoms with van der Waals surface area (Å²) in [6.07, 6.45) is 6.85. The van der Waals surface area contributed by atoms with Crippen LogP contribution in [0.3, 0.4) is 0 Å². The van der Waals surface area contributed by atoms with Crippen molar-refractivity contribution < 1.29 is 4.79 Å². The van der Waals surface area contributed by atoms with Crippen molar-refractivity contribution in [3.8, 4) is 0 Å². The van der Waals surface area contributed by atoms with Crippen LogP contribution in [0.1, 0.15) is 67.7 Å². The number of aromatic nitrogens is 3. The van der Waals surface area contributed by atoms with E-state index in [-0.39, 0.29) is 11.9 Å². The number of nitrogens with zero attached hydrogens (tertiary/aromatic N) is 3. The van der Waals surface area contributed by atoms with Crippen LogP contribution >= 0.6 is 0 Å². The lowest BCUT2D eigenvalue weighted by Crippen LogP contribution is -2.41. The van der Waals surface area contributed by atoms with Crippen molar-refractivity contribution in [2.24, 2.45) is 5.92 Å². The van der Waals surface area contributed by atoms with Crippen LogP contribution in [-0.4, -0.2) is 40.0 Å². The van der Waals surface area contributed by atoms with Crippen LogP contribution in [0.15, 0.2) is 0 Å². The predicted molar refractivity (Wildman–Crippen MR) is 84.8 cm³/mol. The highest BCUT2D eigenvalue weighted by atomic mass is 16.2. The van der Waals surface area contributed by atoms with E-state index in [1.54, 1.807) is 0 Å². The van der Waals surface area contributed by atoms with Crippen LogP contribution in [0, 0.1) is 12.8 Å². The van der Waals surface area contributed by atoms with Crippen molar-refractivity contribution in [3.05, 3.63) is 11.4 Å². The van der Waals surface area contributed by atoms with E-state index in [1.165, 1.54) is 19.3 Å². The summed E-state index contributed by atoms with van der Waals surface area (Å²) in [5.74, 6) is 0.494. The van der Waals surface area contributed by atoms with E-state index in [0.29, 0.717) is 17.7 Å². The predicted octanol–water partition coefficient (Wildman–Crippen LogP) is 1.82. The first-order valence-electron chi connectivity index (χ1n) is 8.60. The number of carbonyl (C=O) groups excluding carboxylic acids is 1. The second kappa shape index (κ2) is 6.77. The van der Waals surface area contributed by atoms with Crippen LogP contribution in [0.4, 0.5) is 0 Å². The highest BCUT2D eigenvalue weighted by Gasteiger charge is 2.27. The van der Waals surface area contributed by atoms with Gasteiger partial charge in [0.2, 0.25) is 0 Å². The fourth-order valence-corrected chi connectivity index (χ4v) is 3.72. The van der Waals surface area contributed by atoms with Gasteiger partial charge in [-0.3, -0.25) is 4.79 Å². The number of amides is 1. The molecule has 2 fully saturated rings. The number of hydrogen-bond acceptors (Lipinski definition) is 4. The molecule has 0 radical (unpaired) electrons. The number of nitrogens with one attached hydrogen (secondary N) is 2. The minimum atomic E-state index is -0.0589. The van der Waals surface area contributed by atoms with Crippen LogP contribution in [0.5, 0.6) is 0 Å². The zero-order valence-corrected chi connectivity index (χ0v) is 13.6. The smallest absolute Gasteiger partial charge is 0.273 e. The van der Waals surface area contributed by atoms with Crippen LogP contribution in [0.2, 0.25) is 0 Å². The van der Waals surface area contributed by atoms with Gasteiger partial charge in [-0.15, -0.1) is 5.10 Å². The maximum absolute atomic E-state index is 12.5. The average Bonchev–Trinajstić information content (AvgIpc) is 2.92. The van der Waals surface area contributed by atoms with Gasteiger partial charge in [0.15, 0.2) is 5.69 Å². The van der Waals surface area contributed by atoms with E-state index >= 15 is 0 Å². The van der Waals surface area contributed by atoms with E-state index in [4.69, 9.17) is 0 Å². The molecule has 1 saturated carbocycles. The van der Waals surface area contributed by atoms with Crippen molar-refractivity contribution >= 4 is 5.91 Å². The average molecular weight is 305 g/mol. The lowest BCUT2D eigenvalue weighted by Gasteiger charge is -2.29. The van der Waals surface area contributed by atoms with Crippen LogP contribution in [-0.2, 0) is 0 Å². The lowest BCUT2D eigenvalue weighted by atomic mass is 9.86.